The van der Waals surface area contributed by atoms with E-state index in [9.17, 15) is 0 Å². The lowest BCUT2D eigenvalue weighted by Crippen LogP contribution is -2.12. The highest BCUT2D eigenvalue weighted by Gasteiger charge is 2.41. The lowest BCUT2D eigenvalue weighted by atomic mass is 9.84. The van der Waals surface area contributed by atoms with Crippen LogP contribution in [-0.2, 0) is 38.5 Å². The maximum Gasteiger partial charge on any atom is 0.0809 e. The van der Waals surface area contributed by atoms with E-state index in [1.54, 1.807) is 22.7 Å². The molecule has 0 amide bonds. The van der Waals surface area contributed by atoms with Gasteiger partial charge in [0, 0.05) is 73.8 Å². The molecule has 0 aliphatic rings. The largest absolute Gasteiger partial charge is 0.136 e. The molecule has 6 aromatic carbocycles. The van der Waals surface area contributed by atoms with Gasteiger partial charge < -0.3 is 0 Å². The van der Waals surface area contributed by atoms with Gasteiger partial charge in [-0.05, 0) is 147 Å². The standard InChI is InChI=1S/C94H86Cl28S3/c1-7-13-19-25-31-45-47(33-27-21-15-9-3)55(123-53(45)39-37-51-67(95)71(99)61(72(100)68(51)96)59(63-75(103)83(111)91(119)84(112)76(63)104)64-77(105)85(113)92(120)86(114)78(64)106)41-43-57-49(35-29-23-17-11-5)50(36-30-24-18-12-6)58(125-57)44-42-56-48(34-28-22-16-10-4)46(32-26-20-14-8-2)54(124-56)40-38-52-69(97)73(101)62(74(102)70(52)98)60(65-79(107)87(115)93(121)88(116)80(65)108)66-81(109)89(117)94(122)90(118)82(66)110/h37-44H,7-36H2,1-6H3/b39-37+,40-38+,43-41+,44-42+. The molecular formula is C94H86Cl28S3. The summed E-state index contributed by atoms with van der Waals surface area (Å²) in [5.41, 5.74) is 8.49. The monoisotopic (exact) mass is 2290 g/mol. The van der Waals surface area contributed by atoms with Crippen LogP contribution in [0.25, 0.3) is 48.6 Å². The van der Waals surface area contributed by atoms with Crippen LogP contribution in [0.15, 0.2) is 0 Å². The Morgan fingerprint density at radius 1 is 0.160 bits per heavy atom. The molecule has 0 aliphatic carbocycles. The first-order valence-corrected chi connectivity index (χ1v) is 54.3. The molecule has 0 atom stereocenters. The quantitative estimate of drug-likeness (QED) is 0.0155. The van der Waals surface area contributed by atoms with Gasteiger partial charge in [0.15, 0.2) is 0 Å². The Balaban J connectivity index is 1.23. The fourth-order valence-electron chi connectivity index (χ4n) is 15.1. The maximum absolute atomic E-state index is 7.53. The molecule has 0 aliphatic heterocycles. The van der Waals surface area contributed by atoms with Gasteiger partial charge in [-0.1, -0.05) is 494 Å². The Bertz CT molecular complexity index is 4860. The van der Waals surface area contributed by atoms with Gasteiger partial charge >= 0.3 is 0 Å². The van der Waals surface area contributed by atoms with Gasteiger partial charge in [0.2, 0.25) is 0 Å². The van der Waals surface area contributed by atoms with Crippen molar-refractivity contribution in [3.63, 3.8) is 0 Å². The molecule has 0 saturated carbocycles. The van der Waals surface area contributed by atoms with Crippen LogP contribution in [0, 0.1) is 11.8 Å². The molecular weight excluding hydrogens is 2220 g/mol. The fourth-order valence-corrected chi connectivity index (χ4v) is 26.4. The summed E-state index contributed by atoms with van der Waals surface area (Å²) in [6.45, 7) is 13.5. The molecule has 2 radical (unpaired) electrons. The number of benzene rings is 6. The van der Waals surface area contributed by atoms with E-state index in [-0.39, 0.29) is 186 Å². The maximum atomic E-state index is 7.53. The van der Waals surface area contributed by atoms with Crippen molar-refractivity contribution in [1.82, 2.24) is 0 Å². The van der Waals surface area contributed by atoms with Gasteiger partial charge in [-0.3, -0.25) is 0 Å². The van der Waals surface area contributed by atoms with E-state index in [0.717, 1.165) is 202 Å². The van der Waals surface area contributed by atoms with Crippen molar-refractivity contribution in [2.45, 2.75) is 234 Å². The molecule has 0 spiro atoms. The van der Waals surface area contributed by atoms with Crippen LogP contribution in [0.5, 0.6) is 0 Å². The number of halogens is 28. The lowest BCUT2D eigenvalue weighted by Gasteiger charge is -2.28. The van der Waals surface area contributed by atoms with Gasteiger partial charge in [-0.25, -0.2) is 0 Å². The molecule has 0 unspecified atom stereocenters. The Morgan fingerprint density at radius 2 is 0.288 bits per heavy atom. The summed E-state index contributed by atoms with van der Waals surface area (Å²) in [5.74, 6) is -0.0542. The van der Waals surface area contributed by atoms with Crippen LogP contribution in [0.2, 0.25) is 141 Å². The van der Waals surface area contributed by atoms with Crippen LogP contribution >= 0.6 is 359 Å². The van der Waals surface area contributed by atoms with Crippen molar-refractivity contribution < 1.29 is 0 Å². The summed E-state index contributed by atoms with van der Waals surface area (Å²) in [5, 5.41) is -3.47. The first kappa shape index (κ1) is 110. The predicted octanol–water partition coefficient (Wildman–Crippen LogP) is 47.6. The molecule has 0 saturated heterocycles. The summed E-state index contributed by atoms with van der Waals surface area (Å²) in [6, 6.07) is 0. The predicted molar refractivity (Wildman–Crippen MR) is 576 cm³/mol. The second-order valence-corrected chi connectivity index (χ2v) is 44.0. The normalized spacial score (nSPS) is 12.3. The number of unbranched alkanes of at least 4 members (excludes halogenated alkanes) is 18. The number of hydrogen-bond acceptors (Lipinski definition) is 3. The second-order valence-electron chi connectivity index (χ2n) is 30.2. The summed E-state index contributed by atoms with van der Waals surface area (Å²) in [7, 11) is 0. The zero-order chi connectivity index (χ0) is 91.9. The third-order valence-corrected chi connectivity index (χ3v) is 37.9. The van der Waals surface area contributed by atoms with Crippen molar-refractivity contribution in [3.8, 4) is 0 Å². The van der Waals surface area contributed by atoms with Crippen molar-refractivity contribution in [1.29, 1.82) is 0 Å². The van der Waals surface area contributed by atoms with Gasteiger partial charge in [-0.15, -0.1) is 34.0 Å². The Hall–Kier alpha value is 1.50. The van der Waals surface area contributed by atoms with Crippen LogP contribution in [-0.4, -0.2) is 0 Å². The number of hydrogen-bond donors (Lipinski definition) is 0. The third kappa shape index (κ3) is 25.6. The van der Waals surface area contributed by atoms with E-state index in [4.69, 9.17) is 325 Å². The van der Waals surface area contributed by atoms with Crippen LogP contribution in [0.3, 0.4) is 0 Å². The summed E-state index contributed by atoms with van der Waals surface area (Å²) in [4.78, 5) is 6.96. The summed E-state index contributed by atoms with van der Waals surface area (Å²) < 4.78 is 0. The zero-order valence-electron chi connectivity index (χ0n) is 68.6. The lowest BCUT2D eigenvalue weighted by molar-refractivity contribution is 0.651. The van der Waals surface area contributed by atoms with Gasteiger partial charge in [0.05, 0.1) is 152 Å². The van der Waals surface area contributed by atoms with Crippen molar-refractivity contribution in [2.75, 3.05) is 0 Å². The molecule has 31 heteroatoms. The molecule has 0 fully saturated rings. The highest BCUT2D eigenvalue weighted by atomic mass is 35.5. The van der Waals surface area contributed by atoms with E-state index in [0.29, 0.717) is 11.1 Å². The Labute approximate surface area is 889 Å². The van der Waals surface area contributed by atoms with Crippen LogP contribution in [0.4, 0.5) is 0 Å². The summed E-state index contributed by atoms with van der Waals surface area (Å²) in [6.07, 6.45) is 48.8. The zero-order valence-corrected chi connectivity index (χ0v) is 92.3. The molecule has 9 aromatic rings. The van der Waals surface area contributed by atoms with Gasteiger partial charge in [0.1, 0.15) is 0 Å². The van der Waals surface area contributed by atoms with E-state index in [1.807, 2.05) is 23.5 Å². The van der Waals surface area contributed by atoms with Crippen LogP contribution in [0.1, 0.15) is 303 Å². The minimum absolute atomic E-state index is 0.00846. The topological polar surface area (TPSA) is 0 Å². The molecule has 0 N–H and O–H groups in total. The Morgan fingerprint density at radius 3 is 0.432 bits per heavy atom. The van der Waals surface area contributed by atoms with E-state index >= 15 is 0 Å². The van der Waals surface area contributed by atoms with E-state index < -0.39 is 0 Å². The van der Waals surface area contributed by atoms with E-state index in [2.05, 4.69) is 78.0 Å². The van der Waals surface area contributed by atoms with Gasteiger partial charge in [-0.2, -0.15) is 0 Å². The molecule has 9 rings (SSSR count). The van der Waals surface area contributed by atoms with Gasteiger partial charge in [0.25, 0.3) is 0 Å². The molecule has 125 heavy (non-hydrogen) atoms. The second kappa shape index (κ2) is 52.5. The molecule has 0 bridgehead atoms. The highest BCUT2D eigenvalue weighted by Crippen LogP contribution is 2.62. The Kier molecular flexibility index (Phi) is 46.3. The number of thiophene rings is 3. The minimum atomic E-state index is -0.172. The average Bonchev–Trinajstić information content (AvgIpc) is 1.73. The summed E-state index contributed by atoms with van der Waals surface area (Å²) >= 11 is 203. The number of rotatable bonds is 44. The molecule has 0 nitrogen and oxygen atoms in total. The first-order chi connectivity index (χ1) is 59.6. The fraction of sp³-hybridized carbons (Fsp3) is 0.383. The van der Waals surface area contributed by atoms with Crippen molar-refractivity contribution >= 4 is 407 Å². The smallest absolute Gasteiger partial charge is 0.0809 e. The van der Waals surface area contributed by atoms with Crippen molar-refractivity contribution in [3.05, 3.63) is 260 Å². The minimum Gasteiger partial charge on any atom is -0.136 e. The first-order valence-electron chi connectivity index (χ1n) is 41.3. The third-order valence-electron chi connectivity index (χ3n) is 21.7. The van der Waals surface area contributed by atoms with Crippen LogP contribution < -0.4 is 0 Å². The highest BCUT2D eigenvalue weighted by molar-refractivity contribution is 7.15. The SMILES string of the molecule is CCCCCCc1c(/C=C/c2sc(/C=C/c3c(Cl)c(Cl)c([C](c4c(Cl)c(Cl)c(Cl)c(Cl)c4Cl)c4c(Cl)c(Cl)c(Cl)c(Cl)c4Cl)c(Cl)c3Cl)c(CCCCCC)c2CCCCCC)sc(/C=C/c2sc(/C=C/c3c(Cl)c(Cl)c([C](c4c(Cl)c(Cl)c(Cl)c(Cl)c4Cl)c4c(Cl)c(Cl)c(Cl)c(Cl)c4Cl)c(Cl)c3Cl)c(CCCCCC)c2CCCCCC)c1CCCCCC. The van der Waals surface area contributed by atoms with Crippen molar-refractivity contribution in [2.24, 2.45) is 0 Å². The molecule has 3 heterocycles. The van der Waals surface area contributed by atoms with E-state index in [1.165, 1.54) is 52.9 Å². The molecule has 3 aromatic heterocycles. The molecule has 676 valence electrons. The average molecular weight is 2300 g/mol.